The number of fused-ring (bicyclic) bond motifs is 3. The van der Waals surface area contributed by atoms with Crippen molar-refractivity contribution in [1.82, 2.24) is 14.5 Å². The number of aromatic nitrogens is 3. The second-order valence-electron chi connectivity index (χ2n) is 7.41. The van der Waals surface area contributed by atoms with Crippen molar-refractivity contribution in [3.63, 3.8) is 0 Å². The molecule has 24 heavy (non-hydrogen) atoms. The predicted octanol–water partition coefficient (Wildman–Crippen LogP) is 2.43. The Morgan fingerprint density at radius 1 is 1.21 bits per heavy atom. The molecular formula is C18H23N3O3. The molecule has 2 heterocycles. The highest BCUT2D eigenvalue weighted by molar-refractivity contribution is 6.02. The summed E-state index contributed by atoms with van der Waals surface area (Å²) in [6, 6.07) is 0. The molecule has 0 radical (unpaired) electrons. The predicted molar refractivity (Wildman–Crippen MR) is 92.6 cm³/mol. The summed E-state index contributed by atoms with van der Waals surface area (Å²) in [4.78, 5) is 43.8. The average molecular weight is 329 g/mol. The van der Waals surface area contributed by atoms with Gasteiger partial charge in [0.05, 0.1) is 5.39 Å². The van der Waals surface area contributed by atoms with Crippen LogP contribution in [0.15, 0.2) is 15.8 Å². The molecule has 0 bridgehead atoms. The normalized spacial score (nSPS) is 16.4. The van der Waals surface area contributed by atoms with E-state index in [1.807, 2.05) is 13.8 Å². The quantitative estimate of drug-likeness (QED) is 0.873. The third-order valence-electron chi connectivity index (χ3n) is 4.69. The Morgan fingerprint density at radius 3 is 2.67 bits per heavy atom. The van der Waals surface area contributed by atoms with Crippen LogP contribution in [-0.2, 0) is 13.0 Å². The number of carbonyl (C=O) groups excluding carboxylic acids is 1. The summed E-state index contributed by atoms with van der Waals surface area (Å²) < 4.78 is 1.53. The number of rotatable bonds is 4. The van der Waals surface area contributed by atoms with E-state index in [1.54, 1.807) is 0 Å². The highest BCUT2D eigenvalue weighted by Gasteiger charge is 2.33. The molecule has 2 aromatic rings. The van der Waals surface area contributed by atoms with E-state index in [0.717, 1.165) is 24.8 Å². The molecule has 6 nitrogen and oxygen atoms in total. The number of Topliss-reactive ketones (excluding diaryl/α,β-unsaturated/α-hetero) is 1. The molecule has 0 spiro atoms. The maximum Gasteiger partial charge on any atom is 0.329 e. The van der Waals surface area contributed by atoms with E-state index in [-0.39, 0.29) is 11.2 Å². The molecule has 1 N–H and O–H groups in total. The number of hydrogen-bond acceptors (Lipinski definition) is 4. The van der Waals surface area contributed by atoms with Crippen LogP contribution in [0.2, 0.25) is 0 Å². The van der Waals surface area contributed by atoms with Crippen molar-refractivity contribution in [3.05, 3.63) is 38.2 Å². The zero-order valence-electron chi connectivity index (χ0n) is 14.4. The number of hydrogen-bond donors (Lipinski definition) is 1. The molecule has 0 unspecified atom stereocenters. The fraction of sp³-hybridized carbons (Fsp3) is 0.556. The third kappa shape index (κ3) is 2.81. The molecule has 6 heteroatoms. The Hall–Kier alpha value is -2.24. The standard InChI is InChI=1S/C18H23N3O3/c1-4-5-6-7-21-15-14(16(23)20-17(21)24)11-8-18(2,3)9-13(22)12(11)10-19-15/h10H,4-9H2,1-3H3,(H,20,23,24). The smallest absolute Gasteiger partial charge is 0.294 e. The van der Waals surface area contributed by atoms with Crippen LogP contribution in [0, 0.1) is 5.41 Å². The zero-order valence-corrected chi connectivity index (χ0v) is 14.4. The number of H-pyrrole nitrogens is 1. The lowest BCUT2D eigenvalue weighted by Crippen LogP contribution is -2.34. The molecule has 128 valence electrons. The fourth-order valence-electron chi connectivity index (χ4n) is 3.53. The molecule has 1 aliphatic carbocycles. The zero-order chi connectivity index (χ0) is 17.5. The molecule has 0 aliphatic heterocycles. The second-order valence-corrected chi connectivity index (χ2v) is 7.41. The Bertz CT molecular complexity index is 921. The Kier molecular flexibility index (Phi) is 4.15. The Balaban J connectivity index is 2.26. The van der Waals surface area contributed by atoms with Crippen molar-refractivity contribution in [2.45, 2.75) is 59.4 Å². The largest absolute Gasteiger partial charge is 0.329 e. The van der Waals surface area contributed by atoms with Crippen LogP contribution in [0.3, 0.4) is 0 Å². The van der Waals surface area contributed by atoms with Gasteiger partial charge in [0.15, 0.2) is 5.78 Å². The first-order valence-electron chi connectivity index (χ1n) is 8.52. The van der Waals surface area contributed by atoms with Gasteiger partial charge in [-0.25, -0.2) is 9.78 Å². The summed E-state index contributed by atoms with van der Waals surface area (Å²) in [7, 11) is 0. The highest BCUT2D eigenvalue weighted by Crippen LogP contribution is 2.36. The topological polar surface area (TPSA) is 84.8 Å². The molecule has 0 atom stereocenters. The minimum Gasteiger partial charge on any atom is -0.294 e. The van der Waals surface area contributed by atoms with Gasteiger partial charge in [-0.2, -0.15) is 0 Å². The van der Waals surface area contributed by atoms with Crippen molar-refractivity contribution in [3.8, 4) is 0 Å². The SMILES string of the molecule is CCCCCn1c(=O)[nH]c(=O)c2c3c(cnc21)C(=O)CC(C)(C)C3. The van der Waals surface area contributed by atoms with Gasteiger partial charge in [-0.15, -0.1) is 0 Å². The van der Waals surface area contributed by atoms with Gasteiger partial charge < -0.3 is 0 Å². The summed E-state index contributed by atoms with van der Waals surface area (Å²) in [5.74, 6) is 0.0128. The van der Waals surface area contributed by atoms with Gasteiger partial charge in [-0.05, 0) is 23.8 Å². The number of nitrogens with one attached hydrogen (secondary N) is 1. The first kappa shape index (κ1) is 16.6. The van der Waals surface area contributed by atoms with Gasteiger partial charge in [0, 0.05) is 24.7 Å². The molecule has 2 aromatic heterocycles. The molecule has 0 aromatic carbocycles. The van der Waals surface area contributed by atoms with E-state index in [9.17, 15) is 14.4 Å². The number of nitrogens with zero attached hydrogens (tertiary/aromatic N) is 2. The molecule has 0 amide bonds. The lowest BCUT2D eigenvalue weighted by atomic mass is 9.73. The van der Waals surface area contributed by atoms with Crippen LogP contribution in [0.25, 0.3) is 11.0 Å². The van der Waals surface area contributed by atoms with Crippen LogP contribution in [-0.4, -0.2) is 20.3 Å². The first-order chi connectivity index (χ1) is 11.3. The van der Waals surface area contributed by atoms with Gasteiger partial charge in [0.2, 0.25) is 0 Å². The molecular weight excluding hydrogens is 306 g/mol. The third-order valence-corrected chi connectivity index (χ3v) is 4.69. The van der Waals surface area contributed by atoms with Crippen LogP contribution >= 0.6 is 0 Å². The number of aryl methyl sites for hydroxylation is 1. The van der Waals surface area contributed by atoms with E-state index < -0.39 is 11.2 Å². The Morgan fingerprint density at radius 2 is 1.96 bits per heavy atom. The number of pyridine rings is 1. The summed E-state index contributed by atoms with van der Waals surface area (Å²) in [6.07, 6.45) is 5.50. The minimum atomic E-state index is -0.448. The van der Waals surface area contributed by atoms with Gasteiger partial charge in [0.1, 0.15) is 5.65 Å². The van der Waals surface area contributed by atoms with Crippen LogP contribution < -0.4 is 11.2 Å². The van der Waals surface area contributed by atoms with Gasteiger partial charge in [-0.3, -0.25) is 19.1 Å². The molecule has 3 rings (SSSR count). The Labute approximate surface area is 139 Å². The first-order valence-corrected chi connectivity index (χ1v) is 8.52. The summed E-state index contributed by atoms with van der Waals surface area (Å²) in [6.45, 7) is 6.65. The fourth-order valence-corrected chi connectivity index (χ4v) is 3.53. The monoisotopic (exact) mass is 329 g/mol. The lowest BCUT2D eigenvalue weighted by molar-refractivity contribution is 0.0912. The van der Waals surface area contributed by atoms with Gasteiger partial charge in [-0.1, -0.05) is 33.6 Å². The van der Waals surface area contributed by atoms with E-state index in [1.165, 1.54) is 10.8 Å². The van der Waals surface area contributed by atoms with Crippen LogP contribution in [0.1, 0.15) is 62.4 Å². The van der Waals surface area contributed by atoms with E-state index in [2.05, 4.69) is 16.9 Å². The van der Waals surface area contributed by atoms with Crippen LogP contribution in [0.4, 0.5) is 0 Å². The summed E-state index contributed by atoms with van der Waals surface area (Å²) >= 11 is 0. The van der Waals surface area contributed by atoms with Crippen molar-refractivity contribution >= 4 is 16.8 Å². The van der Waals surface area contributed by atoms with E-state index >= 15 is 0 Å². The second kappa shape index (κ2) is 6.00. The van der Waals surface area contributed by atoms with Gasteiger partial charge in [0.25, 0.3) is 5.56 Å². The molecule has 1 aliphatic rings. The number of carbonyl (C=O) groups is 1. The van der Waals surface area contributed by atoms with Crippen molar-refractivity contribution in [1.29, 1.82) is 0 Å². The van der Waals surface area contributed by atoms with Crippen molar-refractivity contribution < 1.29 is 4.79 Å². The lowest BCUT2D eigenvalue weighted by Gasteiger charge is -2.30. The highest BCUT2D eigenvalue weighted by atomic mass is 16.2. The number of unbranched alkanes of at least 4 members (excludes halogenated alkanes) is 2. The average Bonchev–Trinajstić information content (AvgIpc) is 2.48. The van der Waals surface area contributed by atoms with Crippen molar-refractivity contribution in [2.24, 2.45) is 5.41 Å². The van der Waals surface area contributed by atoms with E-state index in [0.29, 0.717) is 36.0 Å². The summed E-state index contributed by atoms with van der Waals surface area (Å²) in [5, 5.41) is 0.393. The summed E-state index contributed by atoms with van der Waals surface area (Å²) in [5.41, 5.74) is 0.560. The molecule has 0 saturated carbocycles. The van der Waals surface area contributed by atoms with Gasteiger partial charge >= 0.3 is 5.69 Å². The molecule has 0 saturated heterocycles. The van der Waals surface area contributed by atoms with Crippen molar-refractivity contribution in [2.75, 3.05) is 0 Å². The molecule has 0 fully saturated rings. The van der Waals surface area contributed by atoms with E-state index in [4.69, 9.17) is 0 Å². The number of aromatic amines is 1. The minimum absolute atomic E-state index is 0.0128. The van der Waals surface area contributed by atoms with Crippen LogP contribution in [0.5, 0.6) is 0 Å². The maximum atomic E-state index is 12.5. The maximum absolute atomic E-state index is 12.5. The number of ketones is 1.